The number of carbonyl (C=O) groups is 1. The minimum Gasteiger partial charge on any atom is -0.478 e. The maximum Gasteiger partial charge on any atom is 0.337 e. The Balaban J connectivity index is 2.31. The van der Waals surface area contributed by atoms with Crippen LogP contribution in [0.4, 0.5) is 5.82 Å². The van der Waals surface area contributed by atoms with Gasteiger partial charge in [0.15, 0.2) is 0 Å². The lowest BCUT2D eigenvalue weighted by molar-refractivity contribution is 0.0696. The molecule has 1 aliphatic rings. The summed E-state index contributed by atoms with van der Waals surface area (Å²) in [5.41, 5.74) is 1.04. The number of aliphatic hydroxyl groups excluding tert-OH is 1. The Labute approximate surface area is 80.4 Å². The van der Waals surface area contributed by atoms with Crippen LogP contribution in [0.5, 0.6) is 0 Å². The first-order chi connectivity index (χ1) is 6.70. The molecule has 0 aliphatic carbocycles. The molecule has 3 N–H and O–H groups in total. The predicted molar refractivity (Wildman–Crippen MR) is 49.4 cm³/mol. The van der Waals surface area contributed by atoms with E-state index in [0.29, 0.717) is 12.2 Å². The number of carboxylic acids is 1. The second-order valence-corrected chi connectivity index (χ2v) is 3.26. The van der Waals surface area contributed by atoms with E-state index < -0.39 is 5.97 Å². The summed E-state index contributed by atoms with van der Waals surface area (Å²) in [7, 11) is 0. The Morgan fingerprint density at radius 3 is 3.14 bits per heavy atom. The smallest absolute Gasteiger partial charge is 0.337 e. The number of fused-ring (bicyclic) bond motifs is 1. The van der Waals surface area contributed by atoms with Gasteiger partial charge in [-0.1, -0.05) is 0 Å². The standard InChI is InChI=1S/C9H10N2O3/c12-4-7-2-5-1-6(9(13)14)3-10-8(5)11-7/h1,3,7,12H,2,4H2,(H,10,11)(H,13,14). The van der Waals surface area contributed by atoms with Crippen LogP contribution in [-0.4, -0.2) is 33.8 Å². The van der Waals surface area contributed by atoms with E-state index in [4.69, 9.17) is 10.2 Å². The van der Waals surface area contributed by atoms with Crippen LogP contribution in [0.3, 0.4) is 0 Å². The molecule has 1 aliphatic heterocycles. The number of anilines is 1. The number of nitrogens with one attached hydrogen (secondary N) is 1. The van der Waals surface area contributed by atoms with Crippen LogP contribution in [-0.2, 0) is 6.42 Å². The van der Waals surface area contributed by atoms with Crippen molar-refractivity contribution in [2.75, 3.05) is 11.9 Å². The van der Waals surface area contributed by atoms with Gasteiger partial charge in [-0.05, 0) is 18.1 Å². The molecule has 0 bridgehead atoms. The third kappa shape index (κ3) is 1.42. The minimum atomic E-state index is -0.979. The number of aromatic nitrogens is 1. The summed E-state index contributed by atoms with van der Waals surface area (Å²) in [4.78, 5) is 14.6. The van der Waals surface area contributed by atoms with E-state index in [9.17, 15) is 4.79 Å². The summed E-state index contributed by atoms with van der Waals surface area (Å²) in [5, 5.41) is 20.6. The number of carboxylic acid groups (broad SMARTS) is 1. The van der Waals surface area contributed by atoms with Gasteiger partial charge >= 0.3 is 5.97 Å². The number of rotatable bonds is 2. The molecule has 0 saturated heterocycles. The SMILES string of the molecule is O=C(O)c1cnc2c(c1)CC(CO)N2. The Bertz CT molecular complexity index is 378. The van der Waals surface area contributed by atoms with Gasteiger partial charge in [0.05, 0.1) is 18.2 Å². The molecule has 74 valence electrons. The van der Waals surface area contributed by atoms with E-state index in [1.54, 1.807) is 6.07 Å². The third-order valence-electron chi connectivity index (χ3n) is 2.24. The highest BCUT2D eigenvalue weighted by molar-refractivity contribution is 5.88. The summed E-state index contributed by atoms with van der Waals surface area (Å²) >= 11 is 0. The third-order valence-corrected chi connectivity index (χ3v) is 2.24. The van der Waals surface area contributed by atoms with Gasteiger partial charge in [0.25, 0.3) is 0 Å². The number of hydrogen-bond acceptors (Lipinski definition) is 4. The van der Waals surface area contributed by atoms with Crippen molar-refractivity contribution in [1.29, 1.82) is 0 Å². The fraction of sp³-hybridized carbons (Fsp3) is 0.333. The van der Waals surface area contributed by atoms with Crippen LogP contribution >= 0.6 is 0 Å². The van der Waals surface area contributed by atoms with Crippen molar-refractivity contribution in [3.8, 4) is 0 Å². The largest absolute Gasteiger partial charge is 0.478 e. The Hall–Kier alpha value is -1.62. The highest BCUT2D eigenvalue weighted by Gasteiger charge is 2.21. The summed E-state index contributed by atoms with van der Waals surface area (Å²) in [5.74, 6) is -0.304. The maximum atomic E-state index is 10.6. The first-order valence-corrected chi connectivity index (χ1v) is 4.30. The van der Waals surface area contributed by atoms with Crippen molar-refractivity contribution < 1.29 is 15.0 Å². The van der Waals surface area contributed by atoms with Crippen LogP contribution in [0.15, 0.2) is 12.3 Å². The van der Waals surface area contributed by atoms with E-state index in [1.165, 1.54) is 6.20 Å². The van der Waals surface area contributed by atoms with E-state index in [1.807, 2.05) is 0 Å². The fourth-order valence-corrected chi connectivity index (χ4v) is 1.53. The first-order valence-electron chi connectivity index (χ1n) is 4.30. The molecule has 2 rings (SSSR count). The molecule has 14 heavy (non-hydrogen) atoms. The second-order valence-electron chi connectivity index (χ2n) is 3.26. The topological polar surface area (TPSA) is 82.5 Å². The van der Waals surface area contributed by atoms with Gasteiger partial charge in [-0.3, -0.25) is 0 Å². The zero-order chi connectivity index (χ0) is 10.1. The van der Waals surface area contributed by atoms with Crippen molar-refractivity contribution in [3.63, 3.8) is 0 Å². The number of aromatic carboxylic acids is 1. The van der Waals surface area contributed by atoms with Crippen LogP contribution in [0.2, 0.25) is 0 Å². The summed E-state index contributed by atoms with van der Waals surface area (Å²) < 4.78 is 0. The van der Waals surface area contributed by atoms with E-state index in [-0.39, 0.29) is 18.2 Å². The van der Waals surface area contributed by atoms with Crippen LogP contribution in [0.25, 0.3) is 0 Å². The molecule has 1 aromatic heterocycles. The second kappa shape index (κ2) is 3.26. The molecule has 2 heterocycles. The Morgan fingerprint density at radius 2 is 2.50 bits per heavy atom. The average molecular weight is 194 g/mol. The van der Waals surface area contributed by atoms with Crippen molar-refractivity contribution in [2.24, 2.45) is 0 Å². The van der Waals surface area contributed by atoms with E-state index in [0.717, 1.165) is 5.56 Å². The van der Waals surface area contributed by atoms with Crippen LogP contribution in [0.1, 0.15) is 15.9 Å². The number of pyridine rings is 1. The molecule has 5 heteroatoms. The Morgan fingerprint density at radius 1 is 1.71 bits per heavy atom. The normalized spacial score (nSPS) is 18.8. The maximum absolute atomic E-state index is 10.6. The molecule has 0 amide bonds. The number of hydrogen-bond donors (Lipinski definition) is 3. The van der Waals surface area contributed by atoms with Crippen molar-refractivity contribution in [2.45, 2.75) is 12.5 Å². The molecule has 1 aromatic rings. The Kier molecular flexibility index (Phi) is 2.09. The van der Waals surface area contributed by atoms with Crippen molar-refractivity contribution >= 4 is 11.8 Å². The molecule has 0 fully saturated rings. The van der Waals surface area contributed by atoms with Gasteiger partial charge in [-0.2, -0.15) is 0 Å². The quantitative estimate of drug-likeness (QED) is 0.622. The molecular formula is C9H10N2O3. The fourth-order valence-electron chi connectivity index (χ4n) is 1.53. The molecule has 0 spiro atoms. The molecule has 0 aromatic carbocycles. The van der Waals surface area contributed by atoms with E-state index >= 15 is 0 Å². The van der Waals surface area contributed by atoms with Crippen LogP contribution in [0, 0.1) is 0 Å². The average Bonchev–Trinajstić information content (AvgIpc) is 2.58. The molecular weight excluding hydrogens is 184 g/mol. The summed E-state index contributed by atoms with van der Waals surface area (Å²) in [6.07, 6.45) is 1.94. The monoisotopic (exact) mass is 194 g/mol. The molecule has 5 nitrogen and oxygen atoms in total. The molecule has 1 unspecified atom stereocenters. The van der Waals surface area contributed by atoms with Gasteiger partial charge < -0.3 is 15.5 Å². The van der Waals surface area contributed by atoms with Gasteiger partial charge in [0.2, 0.25) is 0 Å². The summed E-state index contributed by atoms with van der Waals surface area (Å²) in [6.45, 7) is 0.0266. The van der Waals surface area contributed by atoms with Gasteiger partial charge in [-0.15, -0.1) is 0 Å². The van der Waals surface area contributed by atoms with Crippen molar-refractivity contribution in [1.82, 2.24) is 4.98 Å². The minimum absolute atomic E-state index is 0.0266. The first kappa shape index (κ1) is 8.96. The zero-order valence-electron chi connectivity index (χ0n) is 7.40. The van der Waals surface area contributed by atoms with Crippen LogP contribution < -0.4 is 5.32 Å². The highest BCUT2D eigenvalue weighted by atomic mass is 16.4. The number of aliphatic hydroxyl groups is 1. The zero-order valence-corrected chi connectivity index (χ0v) is 7.40. The van der Waals surface area contributed by atoms with Gasteiger partial charge in [0, 0.05) is 6.20 Å². The van der Waals surface area contributed by atoms with E-state index in [2.05, 4.69) is 10.3 Å². The predicted octanol–water partition coefficient (Wildman–Crippen LogP) is 0.109. The highest BCUT2D eigenvalue weighted by Crippen LogP contribution is 2.23. The van der Waals surface area contributed by atoms with Gasteiger partial charge in [-0.25, -0.2) is 9.78 Å². The molecule has 0 saturated carbocycles. The van der Waals surface area contributed by atoms with Crippen molar-refractivity contribution in [3.05, 3.63) is 23.4 Å². The molecule has 0 radical (unpaired) electrons. The lowest BCUT2D eigenvalue weighted by Crippen LogP contribution is -2.19. The van der Waals surface area contributed by atoms with Gasteiger partial charge in [0.1, 0.15) is 5.82 Å². The number of nitrogens with zero attached hydrogens (tertiary/aromatic N) is 1. The summed E-state index contributed by atoms with van der Waals surface area (Å²) in [6, 6.07) is 1.55. The molecule has 1 atom stereocenters. The lowest BCUT2D eigenvalue weighted by Gasteiger charge is -2.04. The lowest BCUT2D eigenvalue weighted by atomic mass is 10.1.